The molecule has 0 bridgehead atoms. The van der Waals surface area contributed by atoms with Crippen molar-refractivity contribution >= 4 is 12.0 Å². The maximum Gasteiger partial charge on any atom is 0.408 e. The molecule has 1 fully saturated rings. The van der Waals surface area contributed by atoms with E-state index in [0.29, 0.717) is 18.9 Å². The summed E-state index contributed by atoms with van der Waals surface area (Å²) in [5.41, 5.74) is 1.68. The Labute approximate surface area is 169 Å². The molecule has 1 aliphatic rings. The van der Waals surface area contributed by atoms with Crippen molar-refractivity contribution in [1.82, 2.24) is 15.5 Å². The van der Waals surface area contributed by atoms with Gasteiger partial charge in [0.2, 0.25) is 5.91 Å². The highest BCUT2D eigenvalue weighted by molar-refractivity contribution is 5.85. The molecule has 0 heterocycles. The Bertz CT molecular complexity index is 646. The summed E-state index contributed by atoms with van der Waals surface area (Å²) < 4.78 is 5.31. The lowest BCUT2D eigenvalue weighted by Gasteiger charge is -2.23. The number of amides is 2. The lowest BCUT2D eigenvalue weighted by atomic mass is 10.1. The van der Waals surface area contributed by atoms with Crippen LogP contribution in [0.2, 0.25) is 0 Å². The van der Waals surface area contributed by atoms with Gasteiger partial charge in [0.25, 0.3) is 0 Å². The van der Waals surface area contributed by atoms with E-state index in [9.17, 15) is 9.59 Å². The summed E-state index contributed by atoms with van der Waals surface area (Å²) in [5, 5.41) is 5.70. The number of nitrogens with zero attached hydrogens (tertiary/aromatic N) is 1. The van der Waals surface area contributed by atoms with Crippen LogP contribution in [-0.2, 0) is 22.6 Å². The van der Waals surface area contributed by atoms with Gasteiger partial charge in [0.1, 0.15) is 11.6 Å². The Morgan fingerprint density at radius 3 is 2.29 bits per heavy atom. The molecular weight excluding hydrogens is 354 g/mol. The Hall–Kier alpha value is -2.08. The molecule has 1 unspecified atom stereocenters. The molecule has 0 radical (unpaired) electrons. The van der Waals surface area contributed by atoms with E-state index >= 15 is 0 Å². The van der Waals surface area contributed by atoms with Gasteiger partial charge in [-0.3, -0.25) is 4.79 Å². The number of ether oxygens (including phenoxy) is 1. The third-order valence-corrected chi connectivity index (χ3v) is 4.56. The van der Waals surface area contributed by atoms with Crippen LogP contribution in [0.15, 0.2) is 24.3 Å². The number of rotatable bonds is 9. The average Bonchev–Trinajstić information content (AvgIpc) is 3.40. The van der Waals surface area contributed by atoms with Crippen LogP contribution in [-0.4, -0.2) is 42.6 Å². The van der Waals surface area contributed by atoms with Crippen molar-refractivity contribution in [2.75, 3.05) is 14.1 Å². The summed E-state index contributed by atoms with van der Waals surface area (Å²) >= 11 is 0. The first-order chi connectivity index (χ1) is 13.1. The molecule has 1 saturated carbocycles. The SMILES string of the molecule is CN(C)Cc1ccc(CNC(=O)C(CCC2CC2)NC(=O)OC(C)(C)C)cc1. The smallest absolute Gasteiger partial charge is 0.408 e. The maximum absolute atomic E-state index is 12.7. The molecule has 2 rings (SSSR count). The summed E-state index contributed by atoms with van der Waals surface area (Å²) in [5.74, 6) is 0.531. The summed E-state index contributed by atoms with van der Waals surface area (Å²) in [6.45, 7) is 6.76. The Balaban J connectivity index is 1.88. The molecule has 6 nitrogen and oxygen atoms in total. The summed E-state index contributed by atoms with van der Waals surface area (Å²) in [6.07, 6.45) is 3.49. The fourth-order valence-electron chi connectivity index (χ4n) is 2.97. The van der Waals surface area contributed by atoms with Crippen molar-refractivity contribution < 1.29 is 14.3 Å². The number of carbonyl (C=O) groups is 2. The van der Waals surface area contributed by atoms with E-state index in [4.69, 9.17) is 4.74 Å². The van der Waals surface area contributed by atoms with E-state index in [2.05, 4.69) is 27.7 Å². The zero-order valence-electron chi connectivity index (χ0n) is 17.9. The molecule has 0 aliphatic heterocycles. The van der Waals surface area contributed by atoms with Crippen LogP contribution in [0.4, 0.5) is 4.79 Å². The number of nitrogens with one attached hydrogen (secondary N) is 2. The Morgan fingerprint density at radius 1 is 1.14 bits per heavy atom. The van der Waals surface area contributed by atoms with Crippen molar-refractivity contribution in [2.24, 2.45) is 5.92 Å². The first-order valence-corrected chi connectivity index (χ1v) is 10.1. The minimum absolute atomic E-state index is 0.163. The quantitative estimate of drug-likeness (QED) is 0.679. The van der Waals surface area contributed by atoms with Crippen LogP contribution < -0.4 is 10.6 Å². The molecular formula is C22H35N3O3. The second-order valence-corrected chi connectivity index (χ2v) is 8.99. The fraction of sp³-hybridized carbons (Fsp3) is 0.636. The van der Waals surface area contributed by atoms with E-state index in [1.165, 1.54) is 18.4 Å². The topological polar surface area (TPSA) is 70.7 Å². The summed E-state index contributed by atoms with van der Waals surface area (Å²) in [6, 6.07) is 7.64. The van der Waals surface area contributed by atoms with Crippen LogP contribution in [0, 0.1) is 5.92 Å². The zero-order valence-corrected chi connectivity index (χ0v) is 17.9. The standard InChI is InChI=1S/C22H35N3O3/c1-22(2,3)28-21(27)24-19(13-12-16-6-7-16)20(26)23-14-17-8-10-18(11-9-17)15-25(4)5/h8-11,16,19H,6-7,12-15H2,1-5H3,(H,23,26)(H,24,27). The van der Waals surface area contributed by atoms with Crippen molar-refractivity contribution in [1.29, 1.82) is 0 Å². The second-order valence-electron chi connectivity index (χ2n) is 8.99. The molecule has 2 N–H and O–H groups in total. The van der Waals surface area contributed by atoms with Crippen LogP contribution in [0.1, 0.15) is 57.6 Å². The second kappa shape index (κ2) is 9.92. The predicted octanol–water partition coefficient (Wildman–Crippen LogP) is 3.45. The van der Waals surface area contributed by atoms with Gasteiger partial charge in [0.05, 0.1) is 0 Å². The van der Waals surface area contributed by atoms with Crippen LogP contribution in [0.5, 0.6) is 0 Å². The molecule has 6 heteroatoms. The van der Waals surface area contributed by atoms with Crippen LogP contribution >= 0.6 is 0 Å². The van der Waals surface area contributed by atoms with E-state index in [1.54, 1.807) is 0 Å². The lowest BCUT2D eigenvalue weighted by Crippen LogP contribution is -2.48. The predicted molar refractivity (Wildman–Crippen MR) is 111 cm³/mol. The first kappa shape index (κ1) is 22.2. The average molecular weight is 390 g/mol. The minimum atomic E-state index is -0.587. The fourth-order valence-corrected chi connectivity index (χ4v) is 2.97. The largest absolute Gasteiger partial charge is 0.444 e. The van der Waals surface area contributed by atoms with E-state index in [-0.39, 0.29) is 5.91 Å². The normalized spacial score (nSPS) is 15.2. The number of hydrogen-bond donors (Lipinski definition) is 2. The van der Waals surface area contributed by atoms with Crippen molar-refractivity contribution in [3.63, 3.8) is 0 Å². The van der Waals surface area contributed by atoms with Crippen LogP contribution in [0.25, 0.3) is 0 Å². The maximum atomic E-state index is 12.7. The van der Waals surface area contributed by atoms with Crippen molar-refractivity contribution in [3.05, 3.63) is 35.4 Å². The molecule has 1 atom stereocenters. The summed E-state index contributed by atoms with van der Waals surface area (Å²) in [7, 11) is 4.07. The third kappa shape index (κ3) is 8.74. The van der Waals surface area contributed by atoms with Gasteiger partial charge in [-0.25, -0.2) is 4.79 Å². The number of carbonyl (C=O) groups excluding carboxylic acids is 2. The monoisotopic (exact) mass is 389 g/mol. The number of alkyl carbamates (subject to hydrolysis) is 1. The van der Waals surface area contributed by atoms with Gasteiger partial charge in [-0.2, -0.15) is 0 Å². The highest BCUT2D eigenvalue weighted by Crippen LogP contribution is 2.33. The number of benzene rings is 1. The Morgan fingerprint density at radius 2 is 1.75 bits per heavy atom. The van der Waals surface area contributed by atoms with Gasteiger partial charge in [-0.05, 0) is 64.8 Å². The van der Waals surface area contributed by atoms with Crippen LogP contribution in [0.3, 0.4) is 0 Å². The van der Waals surface area contributed by atoms with Gasteiger partial charge in [0.15, 0.2) is 0 Å². The molecule has 156 valence electrons. The Kier molecular flexibility index (Phi) is 7.87. The van der Waals surface area contributed by atoms with E-state index in [0.717, 1.165) is 18.5 Å². The molecule has 1 aliphatic carbocycles. The highest BCUT2D eigenvalue weighted by atomic mass is 16.6. The molecule has 28 heavy (non-hydrogen) atoms. The van der Waals surface area contributed by atoms with Gasteiger partial charge in [0, 0.05) is 13.1 Å². The molecule has 1 aromatic rings. The van der Waals surface area contributed by atoms with Crippen molar-refractivity contribution in [2.45, 2.75) is 71.2 Å². The van der Waals surface area contributed by atoms with Gasteiger partial charge in [-0.1, -0.05) is 37.1 Å². The first-order valence-electron chi connectivity index (χ1n) is 10.1. The zero-order chi connectivity index (χ0) is 20.7. The summed E-state index contributed by atoms with van der Waals surface area (Å²) in [4.78, 5) is 26.9. The third-order valence-electron chi connectivity index (χ3n) is 4.56. The molecule has 0 aromatic heterocycles. The molecule has 0 saturated heterocycles. The highest BCUT2D eigenvalue weighted by Gasteiger charge is 2.28. The van der Waals surface area contributed by atoms with Gasteiger partial charge >= 0.3 is 6.09 Å². The minimum Gasteiger partial charge on any atom is -0.444 e. The molecule has 2 amide bonds. The van der Waals surface area contributed by atoms with Crippen molar-refractivity contribution in [3.8, 4) is 0 Å². The lowest BCUT2D eigenvalue weighted by molar-refractivity contribution is -0.123. The van der Waals surface area contributed by atoms with E-state index in [1.807, 2.05) is 47.0 Å². The van der Waals surface area contributed by atoms with E-state index < -0.39 is 17.7 Å². The van der Waals surface area contributed by atoms with Gasteiger partial charge in [-0.15, -0.1) is 0 Å². The number of hydrogen-bond acceptors (Lipinski definition) is 4. The molecule has 1 aromatic carbocycles. The molecule has 0 spiro atoms. The van der Waals surface area contributed by atoms with Gasteiger partial charge < -0.3 is 20.3 Å².